The minimum Gasteiger partial charge on any atom is -0.493 e. The number of aromatic nitrogens is 2. The van der Waals surface area contributed by atoms with Crippen LogP contribution in [0.4, 0.5) is 0 Å². The molecule has 0 aliphatic carbocycles. The summed E-state index contributed by atoms with van der Waals surface area (Å²) in [6, 6.07) is 0. The zero-order valence-electron chi connectivity index (χ0n) is 7.14. The molecule has 1 aromatic rings. The molecule has 1 N–H and O–H groups in total. The lowest BCUT2D eigenvalue weighted by molar-refractivity contribution is 0.0917. The molecule has 0 radical (unpaired) electrons. The number of hydrogen-bond acceptors (Lipinski definition) is 4. The summed E-state index contributed by atoms with van der Waals surface area (Å²) in [5.74, 6) is -1.73. The van der Waals surface area contributed by atoms with E-state index in [1.54, 1.807) is 0 Å². The van der Waals surface area contributed by atoms with Gasteiger partial charge in [0, 0.05) is 13.8 Å². The average Bonchev–Trinajstić information content (AvgIpc) is 2.26. The second-order valence-corrected chi connectivity index (χ2v) is 2.51. The van der Waals surface area contributed by atoms with Gasteiger partial charge in [-0.25, -0.2) is 9.36 Å². The molecule has 6 nitrogen and oxygen atoms in total. The molecule has 0 aliphatic rings. The lowest BCUT2D eigenvalue weighted by Crippen LogP contribution is -2.29. The van der Waals surface area contributed by atoms with Gasteiger partial charge in [-0.3, -0.25) is 9.59 Å². The molecule has 6 heteroatoms. The van der Waals surface area contributed by atoms with E-state index in [4.69, 9.17) is 5.11 Å². The third kappa shape index (κ3) is 1.37. The quantitative estimate of drug-likeness (QED) is 0.598. The SMILES string of the molecule is CC(=O)n1cc(O)n(C(C)=O)c1=O. The molecule has 0 saturated carbocycles. The smallest absolute Gasteiger partial charge is 0.344 e. The maximum atomic E-state index is 11.2. The normalized spacial score (nSPS) is 10.0. The Morgan fingerprint density at radius 1 is 1.31 bits per heavy atom. The van der Waals surface area contributed by atoms with Crippen LogP contribution in [-0.2, 0) is 0 Å². The molecule has 70 valence electrons. The Morgan fingerprint density at radius 3 is 2.08 bits per heavy atom. The second-order valence-electron chi connectivity index (χ2n) is 2.51. The van der Waals surface area contributed by atoms with Crippen LogP contribution >= 0.6 is 0 Å². The number of aromatic hydroxyl groups is 1. The summed E-state index contributed by atoms with van der Waals surface area (Å²) in [7, 11) is 0. The first-order valence-corrected chi connectivity index (χ1v) is 3.50. The van der Waals surface area contributed by atoms with Gasteiger partial charge in [-0.1, -0.05) is 0 Å². The van der Waals surface area contributed by atoms with Crippen LogP contribution in [0, 0.1) is 0 Å². The average molecular weight is 184 g/mol. The van der Waals surface area contributed by atoms with Gasteiger partial charge in [0.15, 0.2) is 0 Å². The number of rotatable bonds is 0. The molecule has 0 aliphatic heterocycles. The van der Waals surface area contributed by atoms with E-state index in [1.165, 1.54) is 0 Å². The molecule has 0 atom stereocenters. The van der Waals surface area contributed by atoms with E-state index < -0.39 is 23.4 Å². The summed E-state index contributed by atoms with van der Waals surface area (Å²) in [4.78, 5) is 32.8. The fraction of sp³-hybridized carbons (Fsp3) is 0.286. The number of nitrogens with zero attached hydrogens (tertiary/aromatic N) is 2. The molecule has 0 fully saturated rings. The summed E-state index contributed by atoms with van der Waals surface area (Å²) < 4.78 is 1.18. The van der Waals surface area contributed by atoms with Crippen LogP contribution in [-0.4, -0.2) is 26.1 Å². The zero-order chi connectivity index (χ0) is 10.2. The lowest BCUT2D eigenvalue weighted by atomic mass is 10.6. The highest BCUT2D eigenvalue weighted by molar-refractivity contribution is 5.80. The van der Waals surface area contributed by atoms with E-state index in [1.807, 2.05) is 0 Å². The number of carbonyl (C=O) groups excluding carboxylic acids is 2. The van der Waals surface area contributed by atoms with E-state index in [9.17, 15) is 14.4 Å². The fourth-order valence-corrected chi connectivity index (χ4v) is 0.956. The van der Waals surface area contributed by atoms with Crippen LogP contribution in [0.2, 0.25) is 0 Å². The molecule has 1 rings (SSSR count). The van der Waals surface area contributed by atoms with Gasteiger partial charge in [0.05, 0.1) is 6.20 Å². The monoisotopic (exact) mass is 184 g/mol. The van der Waals surface area contributed by atoms with Gasteiger partial charge >= 0.3 is 5.69 Å². The van der Waals surface area contributed by atoms with Crippen LogP contribution in [0.1, 0.15) is 23.4 Å². The third-order valence-corrected chi connectivity index (χ3v) is 1.53. The first-order chi connectivity index (χ1) is 5.95. The van der Waals surface area contributed by atoms with E-state index in [0.717, 1.165) is 20.0 Å². The van der Waals surface area contributed by atoms with Crippen LogP contribution in [0.25, 0.3) is 0 Å². The summed E-state index contributed by atoms with van der Waals surface area (Å²) in [5, 5.41) is 9.10. The molecule has 0 saturated heterocycles. The molecule has 1 aromatic heterocycles. The molecule has 1 heterocycles. The van der Waals surface area contributed by atoms with Gasteiger partial charge in [-0.05, 0) is 0 Å². The van der Waals surface area contributed by atoms with Crippen molar-refractivity contribution in [3.63, 3.8) is 0 Å². The molecule has 0 aromatic carbocycles. The molecular weight excluding hydrogens is 176 g/mol. The molecule has 0 unspecified atom stereocenters. The second kappa shape index (κ2) is 2.89. The predicted octanol–water partition coefficient (Wildman–Crippen LogP) is -0.324. The molecule has 0 amide bonds. The maximum absolute atomic E-state index is 11.2. The Balaban J connectivity index is 3.49. The molecule has 0 bridgehead atoms. The van der Waals surface area contributed by atoms with Gasteiger partial charge in [0.1, 0.15) is 0 Å². The first kappa shape index (κ1) is 9.24. The van der Waals surface area contributed by atoms with Crippen molar-refractivity contribution in [2.45, 2.75) is 13.8 Å². The lowest BCUT2D eigenvalue weighted by Gasteiger charge is -1.93. The Hall–Kier alpha value is -1.85. The van der Waals surface area contributed by atoms with Crippen LogP contribution in [0.5, 0.6) is 5.88 Å². The van der Waals surface area contributed by atoms with E-state index in [0.29, 0.717) is 9.13 Å². The van der Waals surface area contributed by atoms with E-state index in [2.05, 4.69) is 0 Å². The summed E-state index contributed by atoms with van der Waals surface area (Å²) in [5.41, 5.74) is -0.850. The summed E-state index contributed by atoms with van der Waals surface area (Å²) in [6.45, 7) is 2.27. The van der Waals surface area contributed by atoms with Gasteiger partial charge in [0.25, 0.3) is 0 Å². The van der Waals surface area contributed by atoms with Crippen molar-refractivity contribution in [2.24, 2.45) is 0 Å². The van der Waals surface area contributed by atoms with Crippen LogP contribution in [0.3, 0.4) is 0 Å². The highest BCUT2D eigenvalue weighted by Gasteiger charge is 2.15. The Labute approximate surface area is 73.0 Å². The van der Waals surface area contributed by atoms with E-state index in [-0.39, 0.29) is 0 Å². The van der Waals surface area contributed by atoms with Crippen molar-refractivity contribution < 1.29 is 14.7 Å². The van der Waals surface area contributed by atoms with Crippen LogP contribution in [0.15, 0.2) is 11.0 Å². The first-order valence-electron chi connectivity index (χ1n) is 3.50. The third-order valence-electron chi connectivity index (χ3n) is 1.53. The molecule has 13 heavy (non-hydrogen) atoms. The van der Waals surface area contributed by atoms with Crippen molar-refractivity contribution >= 4 is 11.8 Å². The topological polar surface area (TPSA) is 81.3 Å². The van der Waals surface area contributed by atoms with Crippen molar-refractivity contribution in [1.82, 2.24) is 9.13 Å². The summed E-state index contributed by atoms with van der Waals surface area (Å²) in [6.07, 6.45) is 0.909. The van der Waals surface area contributed by atoms with Crippen molar-refractivity contribution in [1.29, 1.82) is 0 Å². The Kier molecular flexibility index (Phi) is 2.05. The number of carbonyl (C=O) groups is 2. The van der Waals surface area contributed by atoms with Crippen molar-refractivity contribution in [3.05, 3.63) is 16.7 Å². The van der Waals surface area contributed by atoms with Crippen molar-refractivity contribution in [3.8, 4) is 5.88 Å². The Morgan fingerprint density at radius 2 is 1.85 bits per heavy atom. The molecule has 0 spiro atoms. The van der Waals surface area contributed by atoms with Gasteiger partial charge in [0.2, 0.25) is 17.7 Å². The van der Waals surface area contributed by atoms with Gasteiger partial charge in [-0.15, -0.1) is 0 Å². The molecular formula is C7H8N2O4. The van der Waals surface area contributed by atoms with Crippen molar-refractivity contribution in [2.75, 3.05) is 0 Å². The highest BCUT2D eigenvalue weighted by atomic mass is 16.3. The fourth-order valence-electron chi connectivity index (χ4n) is 0.956. The van der Waals surface area contributed by atoms with E-state index >= 15 is 0 Å². The number of imidazole rings is 1. The zero-order valence-corrected chi connectivity index (χ0v) is 7.14. The predicted molar refractivity (Wildman–Crippen MR) is 43.0 cm³/mol. The van der Waals surface area contributed by atoms with Gasteiger partial charge < -0.3 is 5.11 Å². The maximum Gasteiger partial charge on any atom is 0.344 e. The van der Waals surface area contributed by atoms with Gasteiger partial charge in [-0.2, -0.15) is 4.57 Å². The minimum absolute atomic E-state index is 0.515. The van der Waals surface area contributed by atoms with Crippen LogP contribution < -0.4 is 5.69 Å². The summed E-state index contributed by atoms with van der Waals surface area (Å²) >= 11 is 0. The largest absolute Gasteiger partial charge is 0.493 e. The highest BCUT2D eigenvalue weighted by Crippen LogP contribution is 2.04. The standard InChI is InChI=1S/C7H8N2O4/c1-4(10)8-3-6(12)9(5(2)11)7(8)13/h3,12H,1-2H3. The minimum atomic E-state index is -0.850. The number of hydrogen-bond donors (Lipinski definition) is 1. The Bertz CT molecular complexity index is 426.